The van der Waals surface area contributed by atoms with Crippen LogP contribution in [0.1, 0.15) is 11.1 Å². The summed E-state index contributed by atoms with van der Waals surface area (Å²) in [5.41, 5.74) is 0.259. The van der Waals surface area contributed by atoms with Crippen molar-refractivity contribution in [1.29, 1.82) is 5.26 Å². The molecule has 164 valence electrons. The summed E-state index contributed by atoms with van der Waals surface area (Å²) >= 11 is 0. The zero-order chi connectivity index (χ0) is 22.6. The molecule has 0 aliphatic carbocycles. The van der Waals surface area contributed by atoms with E-state index in [0.29, 0.717) is 11.3 Å². The van der Waals surface area contributed by atoms with Crippen molar-refractivity contribution >= 4 is 21.6 Å². The molecule has 0 atom stereocenters. The van der Waals surface area contributed by atoms with Crippen LogP contribution in [0.15, 0.2) is 53.4 Å². The molecule has 11 heteroatoms. The van der Waals surface area contributed by atoms with E-state index in [2.05, 4.69) is 5.32 Å². The van der Waals surface area contributed by atoms with Crippen LogP contribution < -0.4 is 5.32 Å². The number of carbonyl (C=O) groups excluding carboxylic acids is 1. The van der Waals surface area contributed by atoms with E-state index in [1.54, 1.807) is 24.3 Å². The number of nitrogens with one attached hydrogen (secondary N) is 1. The van der Waals surface area contributed by atoms with Gasteiger partial charge in [-0.05, 0) is 48.5 Å². The largest absolute Gasteiger partial charge is 0.416 e. The maximum atomic E-state index is 12.7. The van der Waals surface area contributed by atoms with Crippen molar-refractivity contribution in [1.82, 2.24) is 9.21 Å². The molecule has 3 rings (SSSR count). The summed E-state index contributed by atoms with van der Waals surface area (Å²) in [6.45, 7) is 0.455. The van der Waals surface area contributed by atoms with Crippen LogP contribution in [0, 0.1) is 11.3 Å². The molecule has 1 fully saturated rings. The predicted octanol–water partition coefficient (Wildman–Crippen LogP) is 2.52. The molecule has 1 heterocycles. The van der Waals surface area contributed by atoms with E-state index >= 15 is 0 Å². The molecule has 0 bridgehead atoms. The summed E-state index contributed by atoms with van der Waals surface area (Å²) in [4.78, 5) is 13.7. The van der Waals surface area contributed by atoms with E-state index in [0.717, 1.165) is 28.6 Å². The number of piperazine rings is 1. The Bertz CT molecular complexity index is 1070. The van der Waals surface area contributed by atoms with Gasteiger partial charge in [0.25, 0.3) is 0 Å². The second kappa shape index (κ2) is 8.95. The number of anilines is 1. The van der Waals surface area contributed by atoms with Crippen LogP contribution in [0.5, 0.6) is 0 Å². The topological polar surface area (TPSA) is 93.5 Å². The fraction of sp³-hybridized carbons (Fsp3) is 0.300. The van der Waals surface area contributed by atoms with E-state index in [4.69, 9.17) is 5.26 Å². The molecule has 0 aromatic heterocycles. The number of benzene rings is 2. The van der Waals surface area contributed by atoms with E-state index in [1.807, 2.05) is 6.07 Å². The number of hydrogen-bond acceptors (Lipinski definition) is 5. The van der Waals surface area contributed by atoms with Gasteiger partial charge in [0.2, 0.25) is 15.9 Å². The Morgan fingerprint density at radius 1 is 1.00 bits per heavy atom. The highest BCUT2D eigenvalue weighted by Crippen LogP contribution is 2.30. The second-order valence-corrected chi connectivity index (χ2v) is 8.79. The second-order valence-electron chi connectivity index (χ2n) is 6.85. The van der Waals surface area contributed by atoms with E-state index < -0.39 is 21.8 Å². The molecular formula is C20H19F3N4O3S. The van der Waals surface area contributed by atoms with Crippen molar-refractivity contribution in [2.45, 2.75) is 11.1 Å². The molecule has 1 saturated heterocycles. The zero-order valence-corrected chi connectivity index (χ0v) is 17.1. The minimum Gasteiger partial charge on any atom is -0.376 e. The molecule has 0 spiro atoms. The number of halogens is 3. The van der Waals surface area contributed by atoms with Crippen molar-refractivity contribution in [2.75, 3.05) is 38.0 Å². The lowest BCUT2D eigenvalue weighted by Gasteiger charge is -2.34. The lowest BCUT2D eigenvalue weighted by molar-refractivity contribution is -0.137. The van der Waals surface area contributed by atoms with Gasteiger partial charge in [0, 0.05) is 31.9 Å². The van der Waals surface area contributed by atoms with Gasteiger partial charge in [-0.15, -0.1) is 0 Å². The molecular weight excluding hydrogens is 433 g/mol. The smallest absolute Gasteiger partial charge is 0.376 e. The number of amides is 1. The van der Waals surface area contributed by atoms with Gasteiger partial charge >= 0.3 is 6.18 Å². The van der Waals surface area contributed by atoms with Gasteiger partial charge in [-0.3, -0.25) is 4.79 Å². The highest BCUT2D eigenvalue weighted by molar-refractivity contribution is 7.89. The monoisotopic (exact) mass is 452 g/mol. The third-order valence-electron chi connectivity index (χ3n) is 4.87. The number of sulfonamides is 1. The first kappa shape index (κ1) is 22.6. The fourth-order valence-electron chi connectivity index (χ4n) is 3.09. The Balaban J connectivity index is 1.55. The van der Waals surface area contributed by atoms with Gasteiger partial charge in [0.1, 0.15) is 0 Å². The van der Waals surface area contributed by atoms with Gasteiger partial charge in [-0.1, -0.05) is 0 Å². The SMILES string of the molecule is N#Cc1ccc(NCC(=O)N2CCN(S(=O)(=O)c3ccc(C(F)(F)F)cc3)CC2)cc1. The minimum atomic E-state index is -4.54. The molecule has 1 aliphatic rings. The molecule has 31 heavy (non-hydrogen) atoms. The molecule has 0 radical (unpaired) electrons. The number of hydrogen-bond donors (Lipinski definition) is 1. The summed E-state index contributed by atoms with van der Waals surface area (Å²) in [6, 6.07) is 12.0. The summed E-state index contributed by atoms with van der Waals surface area (Å²) in [5, 5.41) is 11.7. The summed E-state index contributed by atoms with van der Waals surface area (Å²) < 4.78 is 64.6. The highest BCUT2D eigenvalue weighted by atomic mass is 32.2. The molecule has 1 N–H and O–H groups in total. The van der Waals surface area contributed by atoms with Crippen molar-refractivity contribution < 1.29 is 26.4 Å². The average molecular weight is 452 g/mol. The quantitative estimate of drug-likeness (QED) is 0.753. The number of rotatable bonds is 5. The average Bonchev–Trinajstić information content (AvgIpc) is 2.77. The van der Waals surface area contributed by atoms with Crippen molar-refractivity contribution in [3.05, 3.63) is 59.7 Å². The summed E-state index contributed by atoms with van der Waals surface area (Å²) in [5.74, 6) is -0.212. The van der Waals surface area contributed by atoms with Crippen LogP contribution in [-0.4, -0.2) is 56.3 Å². The van der Waals surface area contributed by atoms with Crippen molar-refractivity contribution in [2.24, 2.45) is 0 Å². The third kappa shape index (κ3) is 5.34. The normalized spacial score (nSPS) is 15.4. The molecule has 1 aliphatic heterocycles. The van der Waals surface area contributed by atoms with Crippen LogP contribution >= 0.6 is 0 Å². The third-order valence-corrected chi connectivity index (χ3v) is 6.78. The van der Waals surface area contributed by atoms with Crippen molar-refractivity contribution in [3.8, 4) is 6.07 Å². The summed E-state index contributed by atoms with van der Waals surface area (Å²) in [6.07, 6.45) is -4.54. The first-order valence-electron chi connectivity index (χ1n) is 9.30. The van der Waals surface area contributed by atoms with Gasteiger partial charge in [0.05, 0.1) is 28.6 Å². The Kier molecular flexibility index (Phi) is 6.52. The number of nitriles is 1. The first-order valence-corrected chi connectivity index (χ1v) is 10.7. The molecule has 0 unspecified atom stereocenters. The highest BCUT2D eigenvalue weighted by Gasteiger charge is 2.33. The molecule has 2 aromatic carbocycles. The van der Waals surface area contributed by atoms with Crippen LogP contribution in [0.25, 0.3) is 0 Å². The van der Waals surface area contributed by atoms with E-state index in [1.165, 1.54) is 4.90 Å². The maximum Gasteiger partial charge on any atom is 0.416 e. The van der Waals surface area contributed by atoms with Gasteiger partial charge < -0.3 is 10.2 Å². The predicted molar refractivity (Wildman–Crippen MR) is 106 cm³/mol. The molecule has 7 nitrogen and oxygen atoms in total. The van der Waals surface area contributed by atoms with Crippen molar-refractivity contribution in [3.63, 3.8) is 0 Å². The van der Waals surface area contributed by atoms with Crippen LogP contribution in [0.2, 0.25) is 0 Å². The zero-order valence-electron chi connectivity index (χ0n) is 16.3. The lowest BCUT2D eigenvalue weighted by atomic mass is 10.2. The van der Waals surface area contributed by atoms with Gasteiger partial charge in [-0.2, -0.15) is 22.7 Å². The Hall–Kier alpha value is -3.10. The minimum absolute atomic E-state index is 0.0115. The van der Waals surface area contributed by atoms with E-state index in [-0.39, 0.29) is 43.5 Å². The molecule has 0 saturated carbocycles. The van der Waals surface area contributed by atoms with E-state index in [9.17, 15) is 26.4 Å². The number of nitrogens with zero attached hydrogens (tertiary/aromatic N) is 3. The Morgan fingerprint density at radius 3 is 2.10 bits per heavy atom. The standard InChI is InChI=1S/C20H19F3N4O3S/c21-20(22,23)16-3-7-18(8-4-16)31(29,30)27-11-9-26(10-12-27)19(28)14-25-17-5-1-15(13-24)2-6-17/h1-8,25H,9-12,14H2. The maximum absolute atomic E-state index is 12.7. The lowest BCUT2D eigenvalue weighted by Crippen LogP contribution is -2.51. The van der Waals surface area contributed by atoms with Crippen LogP contribution in [0.4, 0.5) is 18.9 Å². The molecule has 1 amide bonds. The summed E-state index contributed by atoms with van der Waals surface area (Å²) in [7, 11) is -3.95. The van der Waals surface area contributed by atoms with Crippen LogP contribution in [0.3, 0.4) is 0 Å². The molecule has 2 aromatic rings. The number of alkyl halides is 3. The van der Waals surface area contributed by atoms with Gasteiger partial charge in [-0.25, -0.2) is 8.42 Å². The Morgan fingerprint density at radius 2 is 1.58 bits per heavy atom. The Labute approximate surface area is 177 Å². The fourth-order valence-corrected chi connectivity index (χ4v) is 4.52. The van der Waals surface area contributed by atoms with Gasteiger partial charge in [0.15, 0.2) is 0 Å². The number of carbonyl (C=O) groups is 1. The first-order chi connectivity index (χ1) is 14.6. The van der Waals surface area contributed by atoms with Crippen LogP contribution in [-0.2, 0) is 21.0 Å².